The molecule has 3 aromatic rings. The van der Waals surface area contributed by atoms with Crippen LogP contribution in [0.1, 0.15) is 46.8 Å². The van der Waals surface area contributed by atoms with Crippen molar-refractivity contribution in [3.63, 3.8) is 0 Å². The molecule has 5 N–H and O–H groups in total. The summed E-state index contributed by atoms with van der Waals surface area (Å²) in [5, 5.41) is 14.5. The number of amides is 2. The molecule has 2 amide bonds. The van der Waals surface area contributed by atoms with Crippen molar-refractivity contribution in [3.05, 3.63) is 95.3 Å². The molecule has 0 unspecified atom stereocenters. The molecule has 8 nitrogen and oxygen atoms in total. The Morgan fingerprint density at radius 2 is 1.54 bits per heavy atom. The number of nitrogens with zero attached hydrogens (tertiary/aromatic N) is 1. The highest BCUT2D eigenvalue weighted by molar-refractivity contribution is 5.98. The van der Waals surface area contributed by atoms with Crippen molar-refractivity contribution in [2.75, 3.05) is 11.9 Å². The maximum atomic E-state index is 12.4. The number of aliphatic hydroxyl groups is 1. The summed E-state index contributed by atoms with van der Waals surface area (Å²) in [5.41, 5.74) is 9.45. The Hall–Kier alpha value is -4.32. The standard InChI is InChI=1S/C29H30N4O4/c1-20(30)28(26(35)19-34)33-29(37)24-11-7-22(8-12-24)5-6-23-9-13-25(14-10-23)32-27(36)4-2-3-21-15-17-31-18-16-21/h7-18,20,28,34H,2-4,19,30H2,1H3,(H,32,36)(H,33,37)/t20-,28+/m1/s1. The fourth-order valence-electron chi connectivity index (χ4n) is 3.54. The molecule has 1 heterocycles. The van der Waals surface area contributed by atoms with E-state index in [0.717, 1.165) is 24.0 Å². The van der Waals surface area contributed by atoms with E-state index >= 15 is 0 Å². The second kappa shape index (κ2) is 13.7. The van der Waals surface area contributed by atoms with Crippen LogP contribution < -0.4 is 16.4 Å². The highest BCUT2D eigenvalue weighted by Crippen LogP contribution is 2.11. The van der Waals surface area contributed by atoms with E-state index in [1.54, 1.807) is 55.7 Å². The van der Waals surface area contributed by atoms with E-state index in [4.69, 9.17) is 10.8 Å². The van der Waals surface area contributed by atoms with Crippen LogP contribution in [0.2, 0.25) is 0 Å². The van der Waals surface area contributed by atoms with Gasteiger partial charge >= 0.3 is 0 Å². The monoisotopic (exact) mass is 498 g/mol. The number of carbonyl (C=O) groups is 3. The minimum Gasteiger partial charge on any atom is -0.388 e. The molecule has 0 aliphatic carbocycles. The van der Waals surface area contributed by atoms with Gasteiger partial charge in [-0.1, -0.05) is 11.8 Å². The van der Waals surface area contributed by atoms with Gasteiger partial charge in [0.1, 0.15) is 12.6 Å². The Labute approximate surface area is 216 Å². The number of aliphatic hydroxyl groups excluding tert-OH is 1. The molecule has 0 saturated heterocycles. The smallest absolute Gasteiger partial charge is 0.251 e. The lowest BCUT2D eigenvalue weighted by Crippen LogP contribution is -2.52. The number of benzene rings is 2. The lowest BCUT2D eigenvalue weighted by atomic mass is 10.0. The molecule has 0 spiro atoms. The van der Waals surface area contributed by atoms with E-state index in [-0.39, 0.29) is 5.91 Å². The number of rotatable bonds is 10. The third kappa shape index (κ3) is 8.69. The van der Waals surface area contributed by atoms with E-state index in [9.17, 15) is 14.4 Å². The topological polar surface area (TPSA) is 134 Å². The molecule has 190 valence electrons. The molecule has 0 bridgehead atoms. The fraction of sp³-hybridized carbons (Fsp3) is 0.241. The van der Waals surface area contributed by atoms with Gasteiger partial charge in [-0.05, 0) is 86.0 Å². The van der Waals surface area contributed by atoms with Gasteiger partial charge in [0, 0.05) is 47.2 Å². The quantitative estimate of drug-likeness (QED) is 0.317. The summed E-state index contributed by atoms with van der Waals surface area (Å²) < 4.78 is 0. The zero-order valence-corrected chi connectivity index (χ0v) is 20.6. The Kier molecular flexibility index (Phi) is 10.1. The Bertz CT molecular complexity index is 1260. The predicted molar refractivity (Wildman–Crippen MR) is 142 cm³/mol. The minimum atomic E-state index is -0.961. The van der Waals surface area contributed by atoms with Crippen molar-refractivity contribution in [1.29, 1.82) is 0 Å². The number of Topliss-reactive ketones (excluding diaryl/α,β-unsaturated/α-hetero) is 1. The second-order valence-corrected chi connectivity index (χ2v) is 8.60. The summed E-state index contributed by atoms with van der Waals surface area (Å²) in [6, 6.07) is 16.2. The van der Waals surface area contributed by atoms with E-state index in [1.807, 2.05) is 24.3 Å². The SMILES string of the molecule is C[C@@H](N)[C@H](NC(=O)c1ccc(C#Cc2ccc(NC(=O)CCCc3ccncc3)cc2)cc1)C(=O)CO. The van der Waals surface area contributed by atoms with Gasteiger partial charge in [0.05, 0.1) is 0 Å². The summed E-state index contributed by atoms with van der Waals surface area (Å²) in [6.07, 6.45) is 5.51. The van der Waals surface area contributed by atoms with Crippen LogP contribution in [0, 0.1) is 11.8 Å². The van der Waals surface area contributed by atoms with Crippen molar-refractivity contribution in [3.8, 4) is 11.8 Å². The summed E-state index contributed by atoms with van der Waals surface area (Å²) in [6.45, 7) is 0.893. The van der Waals surface area contributed by atoms with Crippen LogP contribution in [0.4, 0.5) is 5.69 Å². The molecule has 3 rings (SSSR count). The maximum absolute atomic E-state index is 12.4. The largest absolute Gasteiger partial charge is 0.388 e. The second-order valence-electron chi connectivity index (χ2n) is 8.60. The van der Waals surface area contributed by atoms with Gasteiger partial charge in [-0.2, -0.15) is 0 Å². The molecule has 0 aliphatic rings. The lowest BCUT2D eigenvalue weighted by Gasteiger charge is -2.20. The first kappa shape index (κ1) is 27.3. The third-order valence-corrected chi connectivity index (χ3v) is 5.60. The van der Waals surface area contributed by atoms with Crippen molar-refractivity contribution in [2.45, 2.75) is 38.3 Å². The molecule has 0 radical (unpaired) electrons. The molecule has 37 heavy (non-hydrogen) atoms. The first-order valence-electron chi connectivity index (χ1n) is 12.0. The van der Waals surface area contributed by atoms with Gasteiger partial charge in [-0.3, -0.25) is 19.4 Å². The molecule has 2 aromatic carbocycles. The first-order valence-corrected chi connectivity index (χ1v) is 12.0. The molecular formula is C29H30N4O4. The molecule has 8 heteroatoms. The number of anilines is 1. The molecule has 2 atom stereocenters. The molecular weight excluding hydrogens is 468 g/mol. The lowest BCUT2D eigenvalue weighted by molar-refractivity contribution is -0.124. The Morgan fingerprint density at radius 3 is 2.11 bits per heavy atom. The normalized spacial score (nSPS) is 12.0. The van der Waals surface area contributed by atoms with Gasteiger partial charge in [0.2, 0.25) is 5.91 Å². The number of carbonyl (C=O) groups excluding carboxylic acids is 3. The highest BCUT2D eigenvalue weighted by atomic mass is 16.3. The number of aromatic nitrogens is 1. The zero-order valence-electron chi connectivity index (χ0n) is 20.6. The number of pyridine rings is 1. The number of aryl methyl sites for hydroxylation is 1. The van der Waals surface area contributed by atoms with Gasteiger partial charge in [-0.15, -0.1) is 0 Å². The van der Waals surface area contributed by atoms with Crippen LogP contribution >= 0.6 is 0 Å². The number of hydrogen-bond donors (Lipinski definition) is 4. The van der Waals surface area contributed by atoms with Crippen LogP contribution in [-0.4, -0.2) is 46.4 Å². The van der Waals surface area contributed by atoms with Gasteiger partial charge in [0.25, 0.3) is 5.91 Å². The Balaban J connectivity index is 1.51. The van der Waals surface area contributed by atoms with E-state index in [0.29, 0.717) is 23.2 Å². The number of nitrogens with two attached hydrogens (primary N) is 1. The van der Waals surface area contributed by atoms with Crippen molar-refractivity contribution in [2.24, 2.45) is 5.73 Å². The van der Waals surface area contributed by atoms with Crippen molar-refractivity contribution in [1.82, 2.24) is 10.3 Å². The zero-order chi connectivity index (χ0) is 26.6. The van der Waals surface area contributed by atoms with Gasteiger partial charge in [0.15, 0.2) is 5.78 Å². The summed E-state index contributed by atoms with van der Waals surface area (Å²) in [4.78, 5) is 40.4. The van der Waals surface area contributed by atoms with Crippen LogP contribution in [0.3, 0.4) is 0 Å². The van der Waals surface area contributed by atoms with Crippen LogP contribution in [0.15, 0.2) is 73.1 Å². The minimum absolute atomic E-state index is 0.0371. The summed E-state index contributed by atoms with van der Waals surface area (Å²) in [7, 11) is 0. The van der Waals surface area contributed by atoms with E-state index < -0.39 is 30.4 Å². The molecule has 0 fully saturated rings. The van der Waals surface area contributed by atoms with Crippen molar-refractivity contribution >= 4 is 23.3 Å². The summed E-state index contributed by atoms with van der Waals surface area (Å²) in [5.74, 6) is 5.05. The number of ketones is 1. The van der Waals surface area contributed by atoms with E-state index in [2.05, 4.69) is 27.5 Å². The van der Waals surface area contributed by atoms with Crippen LogP contribution in [-0.2, 0) is 16.0 Å². The molecule has 1 aromatic heterocycles. The number of hydrogen-bond acceptors (Lipinski definition) is 6. The average molecular weight is 499 g/mol. The van der Waals surface area contributed by atoms with Crippen LogP contribution in [0.25, 0.3) is 0 Å². The third-order valence-electron chi connectivity index (χ3n) is 5.60. The summed E-state index contributed by atoms with van der Waals surface area (Å²) >= 11 is 0. The molecule has 0 saturated carbocycles. The predicted octanol–water partition coefficient (Wildman–Crippen LogP) is 2.45. The molecule has 0 aliphatic heterocycles. The van der Waals surface area contributed by atoms with E-state index in [1.165, 1.54) is 0 Å². The maximum Gasteiger partial charge on any atom is 0.251 e. The average Bonchev–Trinajstić information content (AvgIpc) is 2.91. The fourth-order valence-corrected chi connectivity index (χ4v) is 3.54. The van der Waals surface area contributed by atoms with Gasteiger partial charge < -0.3 is 21.5 Å². The number of nitrogens with one attached hydrogen (secondary N) is 2. The van der Waals surface area contributed by atoms with Crippen molar-refractivity contribution < 1.29 is 19.5 Å². The Morgan fingerprint density at radius 1 is 0.946 bits per heavy atom. The van der Waals surface area contributed by atoms with Gasteiger partial charge in [-0.25, -0.2) is 0 Å². The highest BCUT2D eigenvalue weighted by Gasteiger charge is 2.24. The van der Waals surface area contributed by atoms with Crippen LogP contribution in [0.5, 0.6) is 0 Å². The first-order chi connectivity index (χ1) is 17.9.